The van der Waals surface area contributed by atoms with E-state index >= 15 is 0 Å². The Kier molecular flexibility index (Phi) is 6.76. The summed E-state index contributed by atoms with van der Waals surface area (Å²) in [5.41, 5.74) is 0.732. The summed E-state index contributed by atoms with van der Waals surface area (Å²) < 4.78 is 16.7. The van der Waals surface area contributed by atoms with E-state index in [2.05, 4.69) is 20.6 Å². The summed E-state index contributed by atoms with van der Waals surface area (Å²) in [6.07, 6.45) is 3.25. The highest BCUT2D eigenvalue weighted by Crippen LogP contribution is 2.26. The van der Waals surface area contributed by atoms with Gasteiger partial charge in [0, 0.05) is 51.5 Å². The van der Waals surface area contributed by atoms with Crippen LogP contribution >= 0.6 is 0 Å². The van der Waals surface area contributed by atoms with Gasteiger partial charge in [-0.25, -0.2) is 9.97 Å². The zero-order chi connectivity index (χ0) is 18.1. The lowest BCUT2D eigenvalue weighted by Crippen LogP contribution is -2.45. The molecule has 140 valence electrons. The molecule has 1 saturated heterocycles. The Bertz CT molecular complexity index is 663. The highest BCUT2D eigenvalue weighted by Gasteiger charge is 2.33. The van der Waals surface area contributed by atoms with Crippen molar-refractivity contribution in [3.05, 3.63) is 42.7 Å². The van der Waals surface area contributed by atoms with Gasteiger partial charge >= 0.3 is 0 Å². The lowest BCUT2D eigenvalue weighted by molar-refractivity contribution is -0.111. The lowest BCUT2D eigenvalue weighted by atomic mass is 9.94. The predicted molar refractivity (Wildman–Crippen MR) is 101 cm³/mol. The first-order valence-corrected chi connectivity index (χ1v) is 8.88. The summed E-state index contributed by atoms with van der Waals surface area (Å²) in [6, 6.07) is 11.8. The largest absolute Gasteiger partial charge is 0.382 e. The molecule has 0 unspecified atom stereocenters. The van der Waals surface area contributed by atoms with Crippen molar-refractivity contribution in [3.63, 3.8) is 0 Å². The number of methoxy groups -OCH3 is 1. The minimum absolute atomic E-state index is 0.255. The van der Waals surface area contributed by atoms with E-state index in [0.717, 1.165) is 30.2 Å². The van der Waals surface area contributed by atoms with Crippen LogP contribution in [0.1, 0.15) is 12.8 Å². The maximum atomic E-state index is 6.13. The molecule has 2 N–H and O–H groups in total. The standard InChI is InChI=1S/C19H26N4O3/c1-24-11-12-26-19(7-9-25-10-8-19)14-20-17-13-18(22-15-21-17)23-16-5-3-2-4-6-16/h2-6,13,15H,7-12,14H2,1H3,(H2,20,21,22,23). The number of hydrogen-bond donors (Lipinski definition) is 2. The second-order valence-corrected chi connectivity index (χ2v) is 6.27. The Hall–Kier alpha value is -2.22. The third-order valence-corrected chi connectivity index (χ3v) is 4.40. The van der Waals surface area contributed by atoms with E-state index in [4.69, 9.17) is 14.2 Å². The Morgan fingerprint density at radius 3 is 2.62 bits per heavy atom. The molecule has 7 nitrogen and oxygen atoms in total. The van der Waals surface area contributed by atoms with Gasteiger partial charge in [0.25, 0.3) is 0 Å². The topological polar surface area (TPSA) is 77.5 Å². The highest BCUT2D eigenvalue weighted by molar-refractivity contribution is 5.58. The summed E-state index contributed by atoms with van der Waals surface area (Å²) in [4.78, 5) is 8.60. The average Bonchev–Trinajstić information content (AvgIpc) is 2.69. The molecule has 0 radical (unpaired) electrons. The van der Waals surface area contributed by atoms with Gasteiger partial charge in [-0.2, -0.15) is 0 Å². The molecule has 0 aliphatic carbocycles. The van der Waals surface area contributed by atoms with Gasteiger partial charge < -0.3 is 24.8 Å². The highest BCUT2D eigenvalue weighted by atomic mass is 16.5. The molecule has 3 rings (SSSR count). The quantitative estimate of drug-likeness (QED) is 0.667. The Morgan fingerprint density at radius 1 is 1.08 bits per heavy atom. The van der Waals surface area contributed by atoms with Crippen molar-refractivity contribution in [2.45, 2.75) is 18.4 Å². The molecule has 0 spiro atoms. The molecule has 2 heterocycles. The van der Waals surface area contributed by atoms with Crippen molar-refractivity contribution in [2.24, 2.45) is 0 Å². The number of anilines is 3. The Morgan fingerprint density at radius 2 is 1.85 bits per heavy atom. The van der Waals surface area contributed by atoms with E-state index in [-0.39, 0.29) is 5.60 Å². The van der Waals surface area contributed by atoms with Crippen LogP contribution in [0.25, 0.3) is 0 Å². The third kappa shape index (κ3) is 5.39. The Balaban J connectivity index is 1.61. The van der Waals surface area contributed by atoms with Gasteiger partial charge in [-0.3, -0.25) is 0 Å². The average molecular weight is 358 g/mol. The van der Waals surface area contributed by atoms with Crippen LogP contribution in [0.2, 0.25) is 0 Å². The van der Waals surface area contributed by atoms with E-state index in [1.54, 1.807) is 13.4 Å². The van der Waals surface area contributed by atoms with Crippen molar-refractivity contribution in [1.82, 2.24) is 9.97 Å². The van der Waals surface area contributed by atoms with Crippen molar-refractivity contribution in [1.29, 1.82) is 0 Å². The van der Waals surface area contributed by atoms with Crippen molar-refractivity contribution < 1.29 is 14.2 Å². The molecular formula is C19H26N4O3. The van der Waals surface area contributed by atoms with Gasteiger partial charge in [0.2, 0.25) is 0 Å². The second kappa shape index (κ2) is 9.47. The van der Waals surface area contributed by atoms with Crippen molar-refractivity contribution in [2.75, 3.05) is 50.7 Å². The fourth-order valence-corrected chi connectivity index (χ4v) is 2.90. The smallest absolute Gasteiger partial charge is 0.135 e. The lowest BCUT2D eigenvalue weighted by Gasteiger charge is -2.37. The summed E-state index contributed by atoms with van der Waals surface area (Å²) in [6.45, 7) is 3.24. The van der Waals surface area contributed by atoms with Gasteiger partial charge in [-0.1, -0.05) is 18.2 Å². The number of ether oxygens (including phenoxy) is 3. The van der Waals surface area contributed by atoms with E-state index in [1.165, 1.54) is 0 Å². The molecule has 0 atom stereocenters. The van der Waals surface area contributed by atoms with Crippen LogP contribution in [-0.2, 0) is 14.2 Å². The Labute approximate surface area is 154 Å². The number of nitrogens with one attached hydrogen (secondary N) is 2. The summed E-state index contributed by atoms with van der Waals surface area (Å²) in [5, 5.41) is 6.67. The maximum Gasteiger partial charge on any atom is 0.135 e. The number of aromatic nitrogens is 2. The van der Waals surface area contributed by atoms with Crippen molar-refractivity contribution >= 4 is 17.3 Å². The van der Waals surface area contributed by atoms with Crippen LogP contribution in [-0.4, -0.2) is 55.7 Å². The van der Waals surface area contributed by atoms with Gasteiger partial charge in [0.1, 0.15) is 18.0 Å². The van der Waals surface area contributed by atoms with E-state index < -0.39 is 0 Å². The first kappa shape index (κ1) is 18.6. The van der Waals surface area contributed by atoms with E-state index in [0.29, 0.717) is 33.0 Å². The molecule has 0 bridgehead atoms. The zero-order valence-electron chi connectivity index (χ0n) is 15.1. The molecule has 1 aliphatic rings. The molecule has 26 heavy (non-hydrogen) atoms. The molecule has 1 aromatic carbocycles. The number of hydrogen-bond acceptors (Lipinski definition) is 7. The fraction of sp³-hybridized carbons (Fsp3) is 0.474. The van der Waals surface area contributed by atoms with Crippen LogP contribution in [0.4, 0.5) is 17.3 Å². The number of nitrogens with zero attached hydrogens (tertiary/aromatic N) is 2. The van der Waals surface area contributed by atoms with Gasteiger partial charge in [-0.05, 0) is 12.1 Å². The molecule has 0 saturated carbocycles. The van der Waals surface area contributed by atoms with E-state index in [9.17, 15) is 0 Å². The first-order chi connectivity index (χ1) is 12.8. The molecule has 1 fully saturated rings. The fourth-order valence-electron chi connectivity index (χ4n) is 2.90. The van der Waals surface area contributed by atoms with Gasteiger partial charge in [0.05, 0.1) is 18.8 Å². The monoisotopic (exact) mass is 358 g/mol. The predicted octanol–water partition coefficient (Wildman–Crippen LogP) is 2.84. The van der Waals surface area contributed by atoms with Gasteiger partial charge in [-0.15, -0.1) is 0 Å². The van der Waals surface area contributed by atoms with Crippen LogP contribution in [0.15, 0.2) is 42.7 Å². The SMILES string of the molecule is COCCOC1(CNc2cc(Nc3ccccc3)ncn2)CCOCC1. The van der Waals surface area contributed by atoms with Crippen LogP contribution < -0.4 is 10.6 Å². The first-order valence-electron chi connectivity index (χ1n) is 8.88. The molecule has 0 amide bonds. The van der Waals surface area contributed by atoms with Gasteiger partial charge in [0.15, 0.2) is 0 Å². The maximum absolute atomic E-state index is 6.13. The summed E-state index contributed by atoms with van der Waals surface area (Å²) in [5.74, 6) is 1.51. The zero-order valence-corrected chi connectivity index (χ0v) is 15.1. The number of para-hydroxylation sites is 1. The minimum Gasteiger partial charge on any atom is -0.382 e. The molecule has 1 aromatic heterocycles. The van der Waals surface area contributed by atoms with Crippen LogP contribution in [0, 0.1) is 0 Å². The van der Waals surface area contributed by atoms with Crippen LogP contribution in [0.3, 0.4) is 0 Å². The minimum atomic E-state index is -0.255. The molecule has 7 heteroatoms. The third-order valence-electron chi connectivity index (χ3n) is 4.40. The molecule has 1 aliphatic heterocycles. The van der Waals surface area contributed by atoms with E-state index in [1.807, 2.05) is 36.4 Å². The molecule has 2 aromatic rings. The van der Waals surface area contributed by atoms with Crippen LogP contribution in [0.5, 0.6) is 0 Å². The normalized spacial score (nSPS) is 16.2. The number of rotatable bonds is 9. The number of benzene rings is 1. The van der Waals surface area contributed by atoms with Crippen molar-refractivity contribution in [3.8, 4) is 0 Å². The molecular weight excluding hydrogens is 332 g/mol. The summed E-state index contributed by atoms with van der Waals surface area (Å²) >= 11 is 0. The summed E-state index contributed by atoms with van der Waals surface area (Å²) in [7, 11) is 1.68. The second-order valence-electron chi connectivity index (χ2n) is 6.27.